The second-order valence-electron chi connectivity index (χ2n) is 1.73. The largest absolute Gasteiger partial charge is 0.370 e. The number of nitrogens with two attached hydrogens (primary N) is 1. The molecule has 0 aliphatic carbocycles. The van der Waals surface area contributed by atoms with Crippen LogP contribution in [-0.4, -0.2) is 37.3 Å². The lowest BCUT2D eigenvalue weighted by atomic mass is 10.6. The van der Waals surface area contributed by atoms with Crippen LogP contribution in [0.5, 0.6) is 0 Å². The highest BCUT2D eigenvalue weighted by Gasteiger charge is 1.95. The van der Waals surface area contributed by atoms with Gasteiger partial charge in [0.25, 0.3) is 0 Å². The first-order chi connectivity index (χ1) is 4.22. The van der Waals surface area contributed by atoms with E-state index in [1.165, 1.54) is 0 Å². The third-order valence-electron chi connectivity index (χ3n) is 1.06. The van der Waals surface area contributed by atoms with E-state index in [0.717, 1.165) is 12.3 Å². The molecule has 0 atom stereocenters. The molecule has 0 unspecified atom stereocenters. The number of thiol groups is 1. The average molecular weight is 147 g/mol. The zero-order valence-electron chi connectivity index (χ0n) is 5.83. The van der Waals surface area contributed by atoms with E-state index >= 15 is 0 Å². The van der Waals surface area contributed by atoms with Crippen LogP contribution < -0.4 is 5.73 Å². The Kier molecular flexibility index (Phi) is 4.30. The Morgan fingerprint density at radius 2 is 2.33 bits per heavy atom. The van der Waals surface area contributed by atoms with Crippen LogP contribution in [0.3, 0.4) is 0 Å². The molecule has 4 heteroatoms. The smallest absolute Gasteiger partial charge is 0.190 e. The van der Waals surface area contributed by atoms with E-state index in [1.54, 1.807) is 7.05 Å². The summed E-state index contributed by atoms with van der Waals surface area (Å²) in [7, 11) is 3.56. The third-order valence-corrected chi connectivity index (χ3v) is 1.26. The fraction of sp³-hybridized carbons (Fsp3) is 0.800. The van der Waals surface area contributed by atoms with E-state index in [4.69, 9.17) is 5.73 Å². The van der Waals surface area contributed by atoms with E-state index in [2.05, 4.69) is 17.6 Å². The van der Waals surface area contributed by atoms with Gasteiger partial charge in [-0.2, -0.15) is 12.6 Å². The minimum atomic E-state index is 0.559. The SMILES string of the molecule is CN=C(N)N(C)CCS. The fourth-order valence-electron chi connectivity index (χ4n) is 0.435. The van der Waals surface area contributed by atoms with E-state index in [0.29, 0.717) is 5.96 Å². The van der Waals surface area contributed by atoms with Gasteiger partial charge in [0, 0.05) is 26.4 Å². The number of aliphatic imine (C=N–C) groups is 1. The molecule has 0 bridgehead atoms. The first-order valence-electron chi connectivity index (χ1n) is 2.76. The van der Waals surface area contributed by atoms with Crippen molar-refractivity contribution in [1.29, 1.82) is 0 Å². The Bertz CT molecular complexity index is 102. The number of hydrogen-bond donors (Lipinski definition) is 2. The lowest BCUT2D eigenvalue weighted by Crippen LogP contribution is -2.35. The number of guanidine groups is 1. The highest BCUT2D eigenvalue weighted by atomic mass is 32.1. The molecule has 0 rings (SSSR count). The minimum Gasteiger partial charge on any atom is -0.370 e. The Balaban J connectivity index is 3.59. The molecule has 0 saturated carbocycles. The van der Waals surface area contributed by atoms with Crippen LogP contribution in [0, 0.1) is 0 Å². The summed E-state index contributed by atoms with van der Waals surface area (Å²) in [5.74, 6) is 1.36. The molecular weight excluding hydrogens is 134 g/mol. The normalized spacial score (nSPS) is 11.7. The second-order valence-corrected chi connectivity index (χ2v) is 2.17. The second kappa shape index (κ2) is 4.49. The van der Waals surface area contributed by atoms with Crippen molar-refractivity contribution in [3.8, 4) is 0 Å². The summed E-state index contributed by atoms with van der Waals surface area (Å²) < 4.78 is 0. The van der Waals surface area contributed by atoms with Gasteiger partial charge >= 0.3 is 0 Å². The minimum absolute atomic E-state index is 0.559. The van der Waals surface area contributed by atoms with E-state index < -0.39 is 0 Å². The Morgan fingerprint density at radius 3 is 2.67 bits per heavy atom. The van der Waals surface area contributed by atoms with Gasteiger partial charge in [-0.05, 0) is 0 Å². The summed E-state index contributed by atoms with van der Waals surface area (Å²) in [4.78, 5) is 5.65. The van der Waals surface area contributed by atoms with Crippen molar-refractivity contribution in [1.82, 2.24) is 4.90 Å². The Labute approximate surface area is 61.3 Å². The molecule has 9 heavy (non-hydrogen) atoms. The molecule has 0 saturated heterocycles. The molecule has 0 radical (unpaired) electrons. The van der Waals surface area contributed by atoms with Crippen molar-refractivity contribution in [2.45, 2.75) is 0 Å². The van der Waals surface area contributed by atoms with Crippen molar-refractivity contribution in [2.75, 3.05) is 26.4 Å². The molecule has 0 aromatic rings. The first kappa shape index (κ1) is 8.62. The van der Waals surface area contributed by atoms with Crippen LogP contribution in [0.15, 0.2) is 4.99 Å². The van der Waals surface area contributed by atoms with E-state index in [1.807, 2.05) is 11.9 Å². The molecule has 0 fully saturated rings. The van der Waals surface area contributed by atoms with Crippen LogP contribution >= 0.6 is 12.6 Å². The van der Waals surface area contributed by atoms with Gasteiger partial charge in [-0.1, -0.05) is 0 Å². The van der Waals surface area contributed by atoms with Gasteiger partial charge in [0.05, 0.1) is 0 Å². The molecule has 54 valence electrons. The standard InChI is InChI=1S/C5H13N3S/c1-7-5(6)8(2)3-4-9/h9H,3-4H2,1-2H3,(H2,6,7). The summed E-state index contributed by atoms with van der Waals surface area (Å²) in [6.45, 7) is 0.840. The summed E-state index contributed by atoms with van der Waals surface area (Å²) in [6, 6.07) is 0. The molecule has 3 nitrogen and oxygen atoms in total. The molecule has 0 heterocycles. The van der Waals surface area contributed by atoms with Gasteiger partial charge in [-0.15, -0.1) is 0 Å². The van der Waals surface area contributed by atoms with Crippen molar-refractivity contribution < 1.29 is 0 Å². The quantitative estimate of drug-likeness (QED) is 0.322. The summed E-state index contributed by atoms with van der Waals surface area (Å²) in [5.41, 5.74) is 5.44. The predicted octanol–water partition coefficient (Wildman–Crippen LogP) is -0.207. The third kappa shape index (κ3) is 3.24. The molecule has 2 N–H and O–H groups in total. The Morgan fingerprint density at radius 1 is 1.78 bits per heavy atom. The zero-order chi connectivity index (χ0) is 7.28. The van der Waals surface area contributed by atoms with Crippen LogP contribution in [-0.2, 0) is 0 Å². The van der Waals surface area contributed by atoms with E-state index in [-0.39, 0.29) is 0 Å². The van der Waals surface area contributed by atoms with E-state index in [9.17, 15) is 0 Å². The van der Waals surface area contributed by atoms with Gasteiger partial charge in [0.2, 0.25) is 0 Å². The van der Waals surface area contributed by atoms with Crippen molar-refractivity contribution >= 4 is 18.6 Å². The fourth-order valence-corrected chi connectivity index (χ4v) is 0.735. The molecular formula is C5H13N3S. The lowest BCUT2D eigenvalue weighted by molar-refractivity contribution is 0.533. The van der Waals surface area contributed by atoms with Gasteiger partial charge in [0.1, 0.15) is 0 Å². The Hall–Kier alpha value is -0.380. The van der Waals surface area contributed by atoms with Crippen molar-refractivity contribution in [3.63, 3.8) is 0 Å². The highest BCUT2D eigenvalue weighted by molar-refractivity contribution is 7.80. The lowest BCUT2D eigenvalue weighted by Gasteiger charge is -2.15. The van der Waals surface area contributed by atoms with Crippen molar-refractivity contribution in [2.24, 2.45) is 10.7 Å². The highest BCUT2D eigenvalue weighted by Crippen LogP contribution is 1.82. The summed E-state index contributed by atoms with van der Waals surface area (Å²) in [5, 5.41) is 0. The average Bonchev–Trinajstić information content (AvgIpc) is 1.87. The van der Waals surface area contributed by atoms with Gasteiger partial charge in [0.15, 0.2) is 5.96 Å². The maximum atomic E-state index is 5.44. The monoisotopic (exact) mass is 147 g/mol. The molecule has 0 aliphatic heterocycles. The summed E-state index contributed by atoms with van der Waals surface area (Å²) >= 11 is 4.04. The van der Waals surface area contributed by atoms with Gasteiger partial charge in [-0.3, -0.25) is 4.99 Å². The van der Waals surface area contributed by atoms with Crippen LogP contribution in [0.2, 0.25) is 0 Å². The zero-order valence-corrected chi connectivity index (χ0v) is 6.73. The molecule has 0 amide bonds. The van der Waals surface area contributed by atoms with Gasteiger partial charge < -0.3 is 10.6 Å². The number of hydrogen-bond acceptors (Lipinski definition) is 2. The molecule has 0 aromatic carbocycles. The first-order valence-corrected chi connectivity index (χ1v) is 3.40. The maximum Gasteiger partial charge on any atom is 0.190 e. The van der Waals surface area contributed by atoms with Crippen LogP contribution in [0.25, 0.3) is 0 Å². The maximum absolute atomic E-state index is 5.44. The van der Waals surface area contributed by atoms with Gasteiger partial charge in [-0.25, -0.2) is 0 Å². The molecule has 0 spiro atoms. The van der Waals surface area contributed by atoms with Crippen LogP contribution in [0.4, 0.5) is 0 Å². The summed E-state index contributed by atoms with van der Waals surface area (Å²) in [6.07, 6.45) is 0. The number of rotatable bonds is 2. The van der Waals surface area contributed by atoms with Crippen LogP contribution in [0.1, 0.15) is 0 Å². The predicted molar refractivity (Wildman–Crippen MR) is 44.0 cm³/mol. The topological polar surface area (TPSA) is 41.6 Å². The molecule has 0 aromatic heterocycles. The molecule has 0 aliphatic rings. The number of nitrogens with zero attached hydrogens (tertiary/aromatic N) is 2. The van der Waals surface area contributed by atoms with Crippen molar-refractivity contribution in [3.05, 3.63) is 0 Å².